The van der Waals surface area contributed by atoms with Gasteiger partial charge in [0, 0.05) is 18.1 Å². The maximum Gasteiger partial charge on any atom is 0.0613 e. The Bertz CT molecular complexity index is 245. The molecule has 114 valence electrons. The van der Waals surface area contributed by atoms with E-state index in [4.69, 9.17) is 0 Å². The van der Waals surface area contributed by atoms with Crippen LogP contribution in [0.5, 0.6) is 0 Å². The van der Waals surface area contributed by atoms with Crippen LogP contribution in [0.3, 0.4) is 0 Å². The van der Waals surface area contributed by atoms with Crippen LogP contribution in [0.1, 0.15) is 53.4 Å². The summed E-state index contributed by atoms with van der Waals surface area (Å²) >= 11 is 0. The van der Waals surface area contributed by atoms with Crippen molar-refractivity contribution in [3.63, 3.8) is 0 Å². The summed E-state index contributed by atoms with van der Waals surface area (Å²) < 4.78 is 0. The minimum absolute atomic E-state index is 0.0732. The Balaban J connectivity index is 2.43. The van der Waals surface area contributed by atoms with Gasteiger partial charge in [-0.05, 0) is 58.0 Å². The van der Waals surface area contributed by atoms with E-state index in [0.717, 1.165) is 24.7 Å². The quantitative estimate of drug-likeness (QED) is 0.746. The zero-order valence-corrected chi connectivity index (χ0v) is 13.6. The van der Waals surface area contributed by atoms with Crippen molar-refractivity contribution < 1.29 is 5.11 Å². The Morgan fingerprint density at radius 1 is 1.32 bits per heavy atom. The Morgan fingerprint density at radius 3 is 2.53 bits per heavy atom. The first-order valence-corrected chi connectivity index (χ1v) is 8.01. The van der Waals surface area contributed by atoms with Crippen molar-refractivity contribution >= 4 is 0 Å². The Hall–Kier alpha value is -0.120. The molecule has 3 heteroatoms. The van der Waals surface area contributed by atoms with Gasteiger partial charge in [0.1, 0.15) is 0 Å². The minimum Gasteiger partial charge on any atom is -0.394 e. The van der Waals surface area contributed by atoms with Gasteiger partial charge in [-0.1, -0.05) is 20.8 Å². The van der Waals surface area contributed by atoms with E-state index in [9.17, 15) is 5.11 Å². The molecule has 4 unspecified atom stereocenters. The van der Waals surface area contributed by atoms with Crippen LogP contribution < -0.4 is 5.32 Å². The van der Waals surface area contributed by atoms with E-state index in [2.05, 4.69) is 37.9 Å². The summed E-state index contributed by atoms with van der Waals surface area (Å²) in [4.78, 5) is 2.65. The van der Waals surface area contributed by atoms with E-state index in [1.165, 1.54) is 25.9 Å². The second-order valence-corrected chi connectivity index (χ2v) is 6.70. The number of rotatable bonds is 7. The SMILES string of the molecule is CCC(CO)(CCCN1CC(C)CC(C)C1C)NC. The molecule has 1 fully saturated rings. The zero-order chi connectivity index (χ0) is 14.5. The van der Waals surface area contributed by atoms with Gasteiger partial charge in [-0.15, -0.1) is 0 Å². The number of hydrogen-bond donors (Lipinski definition) is 2. The van der Waals surface area contributed by atoms with Crippen molar-refractivity contribution in [2.45, 2.75) is 65.0 Å². The van der Waals surface area contributed by atoms with Gasteiger partial charge in [-0.2, -0.15) is 0 Å². The molecule has 1 rings (SSSR count). The lowest BCUT2D eigenvalue weighted by molar-refractivity contribution is 0.0720. The molecule has 1 aliphatic heterocycles. The van der Waals surface area contributed by atoms with Crippen LogP contribution in [0.2, 0.25) is 0 Å². The van der Waals surface area contributed by atoms with Gasteiger partial charge in [0.2, 0.25) is 0 Å². The summed E-state index contributed by atoms with van der Waals surface area (Å²) in [7, 11) is 1.97. The van der Waals surface area contributed by atoms with Gasteiger partial charge in [0.25, 0.3) is 0 Å². The van der Waals surface area contributed by atoms with Gasteiger partial charge >= 0.3 is 0 Å². The fraction of sp³-hybridized carbons (Fsp3) is 1.00. The number of nitrogens with one attached hydrogen (secondary N) is 1. The lowest BCUT2D eigenvalue weighted by atomic mass is 9.85. The van der Waals surface area contributed by atoms with E-state index >= 15 is 0 Å². The topological polar surface area (TPSA) is 35.5 Å². The van der Waals surface area contributed by atoms with Gasteiger partial charge in [-0.25, -0.2) is 0 Å². The molecule has 19 heavy (non-hydrogen) atoms. The zero-order valence-electron chi connectivity index (χ0n) is 13.6. The maximum absolute atomic E-state index is 9.57. The van der Waals surface area contributed by atoms with E-state index in [-0.39, 0.29) is 12.1 Å². The van der Waals surface area contributed by atoms with Gasteiger partial charge in [0.05, 0.1) is 6.61 Å². The standard InChI is InChI=1S/C16H34N2O/c1-6-16(12-19,17-5)8-7-9-18-11-13(2)10-14(3)15(18)4/h13-15,17,19H,6-12H2,1-5H3. The predicted molar refractivity (Wildman–Crippen MR) is 82.4 cm³/mol. The molecule has 0 bridgehead atoms. The highest BCUT2D eigenvalue weighted by Crippen LogP contribution is 2.27. The summed E-state index contributed by atoms with van der Waals surface area (Å²) in [5.41, 5.74) is -0.0732. The van der Waals surface area contributed by atoms with Crippen LogP contribution in [-0.4, -0.2) is 48.3 Å². The van der Waals surface area contributed by atoms with Crippen molar-refractivity contribution in [1.29, 1.82) is 0 Å². The molecule has 0 spiro atoms. The first kappa shape index (κ1) is 16.9. The first-order valence-electron chi connectivity index (χ1n) is 8.01. The molecule has 1 aliphatic rings. The normalized spacial score (nSPS) is 32.2. The molecule has 0 aromatic carbocycles. The summed E-state index contributed by atoms with van der Waals surface area (Å²) in [6.07, 6.45) is 4.58. The predicted octanol–water partition coefficient (Wildman–Crippen LogP) is 2.49. The molecule has 4 atom stereocenters. The summed E-state index contributed by atoms with van der Waals surface area (Å²) in [5, 5.41) is 12.9. The van der Waals surface area contributed by atoms with Gasteiger partial charge in [0.15, 0.2) is 0 Å². The summed E-state index contributed by atoms with van der Waals surface area (Å²) in [6.45, 7) is 11.9. The molecular weight excluding hydrogens is 236 g/mol. The van der Waals surface area contributed by atoms with Crippen LogP contribution >= 0.6 is 0 Å². The number of hydrogen-bond acceptors (Lipinski definition) is 3. The third kappa shape index (κ3) is 4.44. The highest BCUT2D eigenvalue weighted by molar-refractivity contribution is 4.86. The summed E-state index contributed by atoms with van der Waals surface area (Å²) in [5.74, 6) is 1.63. The Kier molecular flexibility index (Phi) is 6.78. The maximum atomic E-state index is 9.57. The van der Waals surface area contributed by atoms with Crippen LogP contribution in [0, 0.1) is 11.8 Å². The van der Waals surface area contributed by atoms with Crippen molar-refractivity contribution in [2.75, 3.05) is 26.7 Å². The van der Waals surface area contributed by atoms with Crippen molar-refractivity contribution in [2.24, 2.45) is 11.8 Å². The molecular formula is C16H34N2O. The first-order chi connectivity index (χ1) is 8.98. The molecule has 3 nitrogen and oxygen atoms in total. The highest BCUT2D eigenvalue weighted by atomic mass is 16.3. The van der Waals surface area contributed by atoms with Gasteiger partial charge < -0.3 is 15.3 Å². The van der Waals surface area contributed by atoms with Crippen LogP contribution in [0.15, 0.2) is 0 Å². The van der Waals surface area contributed by atoms with Gasteiger partial charge in [-0.3, -0.25) is 0 Å². The Labute approximate surface area is 119 Å². The molecule has 0 aliphatic carbocycles. The average Bonchev–Trinajstić information content (AvgIpc) is 2.40. The van der Waals surface area contributed by atoms with E-state index in [0.29, 0.717) is 6.04 Å². The molecule has 0 radical (unpaired) electrons. The second kappa shape index (κ2) is 7.61. The highest BCUT2D eigenvalue weighted by Gasteiger charge is 2.29. The van der Waals surface area contributed by atoms with Crippen LogP contribution in [-0.2, 0) is 0 Å². The molecule has 1 heterocycles. The smallest absolute Gasteiger partial charge is 0.0613 e. The molecule has 0 saturated carbocycles. The number of nitrogens with zero attached hydrogens (tertiary/aromatic N) is 1. The van der Waals surface area contributed by atoms with E-state index < -0.39 is 0 Å². The fourth-order valence-corrected chi connectivity index (χ4v) is 3.50. The number of piperidine rings is 1. The monoisotopic (exact) mass is 270 g/mol. The van der Waals surface area contributed by atoms with Crippen LogP contribution in [0.4, 0.5) is 0 Å². The van der Waals surface area contributed by atoms with Crippen molar-refractivity contribution in [1.82, 2.24) is 10.2 Å². The summed E-state index contributed by atoms with van der Waals surface area (Å²) in [6, 6.07) is 0.705. The molecule has 0 aromatic heterocycles. The van der Waals surface area contributed by atoms with Crippen LogP contribution in [0.25, 0.3) is 0 Å². The molecule has 2 N–H and O–H groups in total. The van der Waals surface area contributed by atoms with Crippen molar-refractivity contribution in [3.05, 3.63) is 0 Å². The number of aliphatic hydroxyl groups excluding tert-OH is 1. The fourth-order valence-electron chi connectivity index (χ4n) is 3.50. The third-order valence-corrected chi connectivity index (χ3v) is 5.33. The second-order valence-electron chi connectivity index (χ2n) is 6.70. The van der Waals surface area contributed by atoms with Crippen molar-refractivity contribution in [3.8, 4) is 0 Å². The van der Waals surface area contributed by atoms with E-state index in [1.807, 2.05) is 7.05 Å². The largest absolute Gasteiger partial charge is 0.394 e. The molecule has 0 aromatic rings. The number of likely N-dealkylation sites (N-methyl/N-ethyl adjacent to an activating group) is 1. The van der Waals surface area contributed by atoms with E-state index in [1.54, 1.807) is 0 Å². The number of likely N-dealkylation sites (tertiary alicyclic amines) is 1. The molecule has 1 saturated heterocycles. The minimum atomic E-state index is -0.0732. The third-order valence-electron chi connectivity index (χ3n) is 5.33. The lowest BCUT2D eigenvalue weighted by Crippen LogP contribution is -2.48. The lowest BCUT2D eigenvalue weighted by Gasteiger charge is -2.41. The molecule has 0 amide bonds. The Morgan fingerprint density at radius 2 is 2.00 bits per heavy atom. The number of aliphatic hydroxyl groups is 1. The average molecular weight is 270 g/mol.